The summed E-state index contributed by atoms with van der Waals surface area (Å²) in [5.41, 5.74) is 1.01. The number of rotatable bonds is 3. The highest BCUT2D eigenvalue weighted by Gasteiger charge is 2.30. The first-order valence-corrected chi connectivity index (χ1v) is 7.58. The molecule has 1 saturated heterocycles. The molecule has 0 aromatic heterocycles. The lowest BCUT2D eigenvalue weighted by atomic mass is 10.0. The lowest BCUT2D eigenvalue weighted by molar-refractivity contribution is 0.0814. The second-order valence-corrected chi connectivity index (χ2v) is 6.02. The van der Waals surface area contributed by atoms with E-state index in [2.05, 4.69) is 24.1 Å². The van der Waals surface area contributed by atoms with Gasteiger partial charge in [-0.3, -0.25) is 4.90 Å². The summed E-state index contributed by atoms with van der Waals surface area (Å²) in [6.07, 6.45) is 2.13. The van der Waals surface area contributed by atoms with Crippen LogP contribution in [0.4, 0.5) is 4.39 Å². The van der Waals surface area contributed by atoms with Crippen LogP contribution in [-0.4, -0.2) is 42.7 Å². The number of halogens is 1. The van der Waals surface area contributed by atoms with E-state index in [9.17, 15) is 4.39 Å². The molecule has 1 N–H and O–H groups in total. The van der Waals surface area contributed by atoms with Crippen LogP contribution < -0.4 is 10.1 Å². The van der Waals surface area contributed by atoms with Crippen LogP contribution in [0.25, 0.3) is 0 Å². The van der Waals surface area contributed by atoms with Gasteiger partial charge in [0.15, 0.2) is 0 Å². The standard InChI is InChI=1S/C16H23FN2O/c1-3-14-8-18-11(2)9-19(14)10-15-7-12-6-13(17)4-5-16(12)20-15/h4-6,11,14-15,18H,3,7-10H2,1-2H3. The Kier molecular flexibility index (Phi) is 3.94. The molecular weight excluding hydrogens is 255 g/mol. The van der Waals surface area contributed by atoms with E-state index < -0.39 is 0 Å². The molecule has 0 amide bonds. The highest BCUT2D eigenvalue weighted by molar-refractivity contribution is 5.37. The summed E-state index contributed by atoms with van der Waals surface area (Å²) < 4.78 is 19.2. The molecule has 0 aliphatic carbocycles. The number of nitrogens with zero attached hydrogens (tertiary/aromatic N) is 1. The quantitative estimate of drug-likeness (QED) is 0.917. The smallest absolute Gasteiger partial charge is 0.123 e. The maximum Gasteiger partial charge on any atom is 0.123 e. The molecule has 2 aliphatic rings. The lowest BCUT2D eigenvalue weighted by Gasteiger charge is -2.40. The Morgan fingerprint density at radius 1 is 1.45 bits per heavy atom. The minimum atomic E-state index is -0.171. The fraction of sp³-hybridized carbons (Fsp3) is 0.625. The normalized spacial score (nSPS) is 30.1. The molecule has 4 heteroatoms. The zero-order chi connectivity index (χ0) is 14.1. The van der Waals surface area contributed by atoms with Crippen LogP contribution in [0.5, 0.6) is 5.75 Å². The molecule has 0 saturated carbocycles. The van der Waals surface area contributed by atoms with Gasteiger partial charge in [-0.25, -0.2) is 4.39 Å². The summed E-state index contributed by atoms with van der Waals surface area (Å²) in [6.45, 7) is 7.49. The van der Waals surface area contributed by atoms with E-state index in [1.807, 2.05) is 0 Å². The second kappa shape index (κ2) is 5.70. The summed E-state index contributed by atoms with van der Waals surface area (Å²) >= 11 is 0. The average Bonchev–Trinajstić information content (AvgIpc) is 2.80. The van der Waals surface area contributed by atoms with Gasteiger partial charge in [-0.1, -0.05) is 6.92 Å². The van der Waals surface area contributed by atoms with E-state index in [4.69, 9.17) is 4.74 Å². The SMILES string of the molecule is CCC1CNC(C)CN1CC1Cc2cc(F)ccc2O1. The predicted molar refractivity (Wildman–Crippen MR) is 77.6 cm³/mol. The molecule has 3 rings (SSSR count). The van der Waals surface area contributed by atoms with Crippen LogP contribution >= 0.6 is 0 Å². The molecule has 3 atom stereocenters. The molecule has 0 bridgehead atoms. The average molecular weight is 278 g/mol. The Labute approximate surface area is 120 Å². The zero-order valence-corrected chi connectivity index (χ0v) is 12.2. The van der Waals surface area contributed by atoms with E-state index in [0.29, 0.717) is 12.1 Å². The Morgan fingerprint density at radius 2 is 2.30 bits per heavy atom. The number of benzene rings is 1. The van der Waals surface area contributed by atoms with Crippen molar-refractivity contribution in [3.05, 3.63) is 29.6 Å². The van der Waals surface area contributed by atoms with Crippen molar-refractivity contribution >= 4 is 0 Å². The van der Waals surface area contributed by atoms with E-state index >= 15 is 0 Å². The molecular formula is C16H23FN2O. The van der Waals surface area contributed by atoms with Gasteiger partial charge in [-0.15, -0.1) is 0 Å². The molecule has 3 nitrogen and oxygen atoms in total. The Hall–Kier alpha value is -1.13. The molecule has 1 aromatic rings. The van der Waals surface area contributed by atoms with Gasteiger partial charge in [0.25, 0.3) is 0 Å². The van der Waals surface area contributed by atoms with Crippen LogP contribution in [0.15, 0.2) is 18.2 Å². The fourth-order valence-electron chi connectivity index (χ4n) is 3.31. The number of hydrogen-bond acceptors (Lipinski definition) is 3. The van der Waals surface area contributed by atoms with Crippen molar-refractivity contribution in [3.8, 4) is 5.75 Å². The van der Waals surface area contributed by atoms with Crippen LogP contribution in [0.2, 0.25) is 0 Å². The van der Waals surface area contributed by atoms with Gasteiger partial charge in [0.2, 0.25) is 0 Å². The molecule has 2 aliphatic heterocycles. The number of nitrogens with one attached hydrogen (secondary N) is 1. The van der Waals surface area contributed by atoms with Gasteiger partial charge in [0.05, 0.1) is 0 Å². The van der Waals surface area contributed by atoms with E-state index in [-0.39, 0.29) is 11.9 Å². The minimum absolute atomic E-state index is 0.158. The van der Waals surface area contributed by atoms with Crippen molar-refractivity contribution < 1.29 is 9.13 Å². The Balaban J connectivity index is 1.64. The molecule has 2 heterocycles. The molecule has 0 radical (unpaired) electrons. The van der Waals surface area contributed by atoms with Crippen molar-refractivity contribution in [1.29, 1.82) is 0 Å². The van der Waals surface area contributed by atoms with Crippen molar-refractivity contribution in [3.63, 3.8) is 0 Å². The van der Waals surface area contributed by atoms with Crippen molar-refractivity contribution in [2.24, 2.45) is 0 Å². The van der Waals surface area contributed by atoms with Crippen LogP contribution in [0, 0.1) is 5.82 Å². The van der Waals surface area contributed by atoms with Crippen molar-refractivity contribution in [2.45, 2.75) is 44.9 Å². The minimum Gasteiger partial charge on any atom is -0.488 e. The maximum atomic E-state index is 13.2. The van der Waals surface area contributed by atoms with Crippen molar-refractivity contribution in [1.82, 2.24) is 10.2 Å². The fourth-order valence-corrected chi connectivity index (χ4v) is 3.31. The van der Waals surface area contributed by atoms with Crippen LogP contribution in [0.1, 0.15) is 25.8 Å². The first-order chi connectivity index (χ1) is 9.65. The summed E-state index contributed by atoms with van der Waals surface area (Å²) in [4.78, 5) is 2.52. The topological polar surface area (TPSA) is 24.5 Å². The van der Waals surface area contributed by atoms with E-state index in [1.165, 1.54) is 6.07 Å². The predicted octanol–water partition coefficient (Wildman–Crippen LogP) is 2.20. The lowest BCUT2D eigenvalue weighted by Crippen LogP contribution is -2.57. The summed E-state index contributed by atoms with van der Waals surface area (Å²) in [5, 5.41) is 3.53. The third-order valence-corrected chi connectivity index (χ3v) is 4.40. The third-order valence-electron chi connectivity index (χ3n) is 4.40. The van der Waals surface area contributed by atoms with Crippen LogP contribution in [-0.2, 0) is 6.42 Å². The second-order valence-electron chi connectivity index (χ2n) is 6.02. The molecule has 110 valence electrons. The third kappa shape index (κ3) is 2.81. The zero-order valence-electron chi connectivity index (χ0n) is 12.2. The largest absolute Gasteiger partial charge is 0.488 e. The molecule has 1 aromatic carbocycles. The number of ether oxygens (including phenoxy) is 1. The van der Waals surface area contributed by atoms with E-state index in [0.717, 1.165) is 43.8 Å². The monoisotopic (exact) mass is 278 g/mol. The maximum absolute atomic E-state index is 13.2. The van der Waals surface area contributed by atoms with Gasteiger partial charge in [0.1, 0.15) is 17.7 Å². The Morgan fingerprint density at radius 3 is 3.10 bits per heavy atom. The summed E-state index contributed by atoms with van der Waals surface area (Å²) in [7, 11) is 0. The highest BCUT2D eigenvalue weighted by Crippen LogP contribution is 2.30. The number of fused-ring (bicyclic) bond motifs is 1. The van der Waals surface area contributed by atoms with Crippen LogP contribution in [0.3, 0.4) is 0 Å². The van der Waals surface area contributed by atoms with Gasteiger partial charge < -0.3 is 10.1 Å². The van der Waals surface area contributed by atoms with E-state index in [1.54, 1.807) is 12.1 Å². The van der Waals surface area contributed by atoms with Gasteiger partial charge in [-0.05, 0) is 31.5 Å². The van der Waals surface area contributed by atoms with Gasteiger partial charge >= 0.3 is 0 Å². The van der Waals surface area contributed by atoms with Gasteiger partial charge in [-0.2, -0.15) is 0 Å². The summed E-state index contributed by atoms with van der Waals surface area (Å²) in [5.74, 6) is 0.683. The highest BCUT2D eigenvalue weighted by atomic mass is 19.1. The number of piperazine rings is 1. The molecule has 20 heavy (non-hydrogen) atoms. The number of hydrogen-bond donors (Lipinski definition) is 1. The molecule has 3 unspecified atom stereocenters. The first kappa shape index (κ1) is 13.8. The Bertz CT molecular complexity index is 480. The first-order valence-electron chi connectivity index (χ1n) is 7.58. The molecule has 0 spiro atoms. The molecule has 1 fully saturated rings. The van der Waals surface area contributed by atoms with Crippen molar-refractivity contribution in [2.75, 3.05) is 19.6 Å². The van der Waals surface area contributed by atoms with Gasteiger partial charge in [0, 0.05) is 43.7 Å². The summed E-state index contributed by atoms with van der Waals surface area (Å²) in [6, 6.07) is 5.94.